The van der Waals surface area contributed by atoms with Crippen LogP contribution in [0.1, 0.15) is 11.1 Å². The Hall–Kier alpha value is -2.81. The molecule has 0 aliphatic carbocycles. The summed E-state index contributed by atoms with van der Waals surface area (Å²) in [5.74, 6) is 0. The second-order valence-electron chi connectivity index (χ2n) is 6.32. The number of pyridine rings is 1. The summed E-state index contributed by atoms with van der Waals surface area (Å²) in [6.07, 6.45) is -0.565. The van der Waals surface area contributed by atoms with Gasteiger partial charge in [0.1, 0.15) is 0 Å². The monoisotopic (exact) mass is 394 g/mol. The summed E-state index contributed by atoms with van der Waals surface area (Å²) in [4.78, 5) is 18.1. The van der Waals surface area contributed by atoms with E-state index in [2.05, 4.69) is 15.6 Å². The SMILES string of the molecule is O=C(NCCc1cccnc1)Nc1cc(C(F)(F)F)ccc1N1CCOCC1. The predicted molar refractivity (Wildman–Crippen MR) is 99.4 cm³/mol. The number of rotatable bonds is 5. The molecule has 2 N–H and O–H groups in total. The first-order valence-corrected chi connectivity index (χ1v) is 8.91. The summed E-state index contributed by atoms with van der Waals surface area (Å²) in [7, 11) is 0. The summed E-state index contributed by atoms with van der Waals surface area (Å²) in [6, 6.07) is 6.50. The van der Waals surface area contributed by atoms with Crippen LogP contribution in [-0.2, 0) is 17.3 Å². The molecule has 9 heteroatoms. The summed E-state index contributed by atoms with van der Waals surface area (Å²) < 4.78 is 44.6. The van der Waals surface area contributed by atoms with E-state index in [4.69, 9.17) is 4.74 Å². The molecule has 1 saturated heterocycles. The lowest BCUT2D eigenvalue weighted by Gasteiger charge is -2.31. The highest BCUT2D eigenvalue weighted by Gasteiger charge is 2.31. The van der Waals surface area contributed by atoms with Gasteiger partial charge in [-0.05, 0) is 36.2 Å². The molecule has 1 fully saturated rings. The molecule has 2 amide bonds. The lowest BCUT2D eigenvalue weighted by molar-refractivity contribution is -0.137. The fraction of sp³-hybridized carbons (Fsp3) is 0.368. The Morgan fingerprint density at radius 1 is 1.21 bits per heavy atom. The van der Waals surface area contributed by atoms with E-state index in [1.54, 1.807) is 18.5 Å². The number of ether oxygens (including phenoxy) is 1. The largest absolute Gasteiger partial charge is 0.416 e. The van der Waals surface area contributed by atoms with Crippen molar-refractivity contribution in [3.8, 4) is 0 Å². The maximum absolute atomic E-state index is 13.1. The van der Waals surface area contributed by atoms with Crippen LogP contribution in [0.4, 0.5) is 29.3 Å². The highest BCUT2D eigenvalue weighted by molar-refractivity contribution is 5.93. The van der Waals surface area contributed by atoms with Gasteiger partial charge in [0.15, 0.2) is 0 Å². The van der Waals surface area contributed by atoms with Crippen LogP contribution in [0.5, 0.6) is 0 Å². The molecular weight excluding hydrogens is 373 g/mol. The van der Waals surface area contributed by atoms with Gasteiger partial charge in [-0.3, -0.25) is 4.98 Å². The average Bonchev–Trinajstić information content (AvgIpc) is 2.69. The number of urea groups is 1. The van der Waals surface area contributed by atoms with Gasteiger partial charge in [0.05, 0.1) is 30.2 Å². The number of hydrogen-bond donors (Lipinski definition) is 2. The molecule has 150 valence electrons. The van der Waals surface area contributed by atoms with Crippen molar-refractivity contribution in [2.75, 3.05) is 43.1 Å². The minimum Gasteiger partial charge on any atom is -0.378 e. The van der Waals surface area contributed by atoms with Gasteiger partial charge < -0.3 is 20.3 Å². The third-order valence-corrected chi connectivity index (χ3v) is 4.35. The Labute approximate surface area is 160 Å². The normalized spacial score (nSPS) is 14.6. The minimum absolute atomic E-state index is 0.121. The molecule has 2 aromatic rings. The van der Waals surface area contributed by atoms with Crippen LogP contribution < -0.4 is 15.5 Å². The molecule has 6 nitrogen and oxygen atoms in total. The van der Waals surface area contributed by atoms with Crippen molar-refractivity contribution < 1.29 is 22.7 Å². The topological polar surface area (TPSA) is 66.5 Å². The maximum atomic E-state index is 13.1. The zero-order valence-electron chi connectivity index (χ0n) is 15.1. The first-order valence-electron chi connectivity index (χ1n) is 8.91. The van der Waals surface area contributed by atoms with Gasteiger partial charge in [0.2, 0.25) is 0 Å². The molecule has 0 atom stereocenters. The van der Waals surface area contributed by atoms with E-state index >= 15 is 0 Å². The number of nitrogens with zero attached hydrogens (tertiary/aromatic N) is 2. The van der Waals surface area contributed by atoms with Crippen molar-refractivity contribution in [2.45, 2.75) is 12.6 Å². The van der Waals surface area contributed by atoms with Gasteiger partial charge in [0.25, 0.3) is 0 Å². The van der Waals surface area contributed by atoms with Crippen molar-refractivity contribution in [3.63, 3.8) is 0 Å². The Bertz CT molecular complexity index is 794. The lowest BCUT2D eigenvalue weighted by atomic mass is 10.1. The standard InChI is InChI=1S/C19H21F3N4O2/c20-19(21,22)15-3-4-17(26-8-10-28-11-9-26)16(12-15)25-18(27)24-7-5-14-2-1-6-23-13-14/h1-4,6,12-13H,5,7-11H2,(H2,24,25,27). The summed E-state index contributed by atoms with van der Waals surface area (Å²) in [5.41, 5.74) is 0.806. The molecule has 1 aliphatic heterocycles. The van der Waals surface area contributed by atoms with Crippen molar-refractivity contribution in [2.24, 2.45) is 0 Å². The van der Waals surface area contributed by atoms with Gasteiger partial charge >= 0.3 is 12.2 Å². The second kappa shape index (κ2) is 8.92. The molecule has 2 heterocycles. The van der Waals surface area contributed by atoms with Crippen LogP contribution in [0.25, 0.3) is 0 Å². The number of carbonyl (C=O) groups is 1. The number of anilines is 2. The van der Waals surface area contributed by atoms with Crippen molar-refractivity contribution in [3.05, 3.63) is 53.9 Å². The van der Waals surface area contributed by atoms with Gasteiger partial charge in [-0.25, -0.2) is 4.79 Å². The molecule has 1 aromatic carbocycles. The Kier molecular flexibility index (Phi) is 6.35. The number of carbonyl (C=O) groups excluding carboxylic acids is 1. The molecule has 1 aliphatic rings. The van der Waals surface area contributed by atoms with Gasteiger partial charge in [-0.15, -0.1) is 0 Å². The van der Waals surface area contributed by atoms with Crippen LogP contribution >= 0.6 is 0 Å². The zero-order chi connectivity index (χ0) is 20.0. The Morgan fingerprint density at radius 2 is 2.00 bits per heavy atom. The van der Waals surface area contributed by atoms with Crippen LogP contribution in [0, 0.1) is 0 Å². The summed E-state index contributed by atoms with van der Waals surface area (Å²) in [6.45, 7) is 2.39. The molecule has 3 rings (SSSR count). The lowest BCUT2D eigenvalue weighted by Crippen LogP contribution is -2.37. The molecule has 0 spiro atoms. The third kappa shape index (κ3) is 5.35. The average molecular weight is 394 g/mol. The molecule has 0 bridgehead atoms. The number of aromatic nitrogens is 1. The first-order chi connectivity index (χ1) is 13.4. The smallest absolute Gasteiger partial charge is 0.378 e. The highest BCUT2D eigenvalue weighted by Crippen LogP contribution is 2.35. The summed E-state index contributed by atoms with van der Waals surface area (Å²) >= 11 is 0. The number of nitrogens with one attached hydrogen (secondary N) is 2. The zero-order valence-corrected chi connectivity index (χ0v) is 15.1. The van der Waals surface area contributed by atoms with Crippen molar-refractivity contribution in [1.29, 1.82) is 0 Å². The van der Waals surface area contributed by atoms with E-state index in [1.807, 2.05) is 11.0 Å². The number of benzene rings is 1. The van der Waals surface area contributed by atoms with E-state index in [9.17, 15) is 18.0 Å². The molecule has 0 radical (unpaired) electrons. The van der Waals surface area contributed by atoms with Crippen LogP contribution in [-0.4, -0.2) is 43.9 Å². The van der Waals surface area contributed by atoms with E-state index < -0.39 is 17.8 Å². The number of morpholine rings is 1. The van der Waals surface area contributed by atoms with Gasteiger partial charge in [-0.1, -0.05) is 6.07 Å². The molecule has 0 unspecified atom stereocenters. The minimum atomic E-state index is -4.49. The molecular formula is C19H21F3N4O2. The number of amides is 2. The van der Waals surface area contributed by atoms with Crippen LogP contribution in [0.15, 0.2) is 42.7 Å². The van der Waals surface area contributed by atoms with E-state index in [-0.39, 0.29) is 5.69 Å². The van der Waals surface area contributed by atoms with Crippen molar-refractivity contribution >= 4 is 17.4 Å². The Morgan fingerprint density at radius 3 is 2.68 bits per heavy atom. The van der Waals surface area contributed by atoms with Gasteiger partial charge in [-0.2, -0.15) is 13.2 Å². The Balaban J connectivity index is 1.69. The summed E-state index contributed by atoms with van der Waals surface area (Å²) in [5, 5.41) is 5.22. The predicted octanol–water partition coefficient (Wildman–Crippen LogP) is 3.30. The molecule has 1 aromatic heterocycles. The highest BCUT2D eigenvalue weighted by atomic mass is 19.4. The van der Waals surface area contributed by atoms with E-state index in [0.29, 0.717) is 45.0 Å². The third-order valence-electron chi connectivity index (χ3n) is 4.35. The van der Waals surface area contributed by atoms with Crippen molar-refractivity contribution in [1.82, 2.24) is 10.3 Å². The van der Waals surface area contributed by atoms with Crippen LogP contribution in [0.3, 0.4) is 0 Å². The number of halogens is 3. The van der Waals surface area contributed by atoms with Crippen LogP contribution in [0.2, 0.25) is 0 Å². The fourth-order valence-electron chi connectivity index (χ4n) is 2.93. The molecule has 0 saturated carbocycles. The van der Waals surface area contributed by atoms with E-state index in [1.165, 1.54) is 6.07 Å². The number of alkyl halides is 3. The fourth-order valence-corrected chi connectivity index (χ4v) is 2.93. The molecule has 28 heavy (non-hydrogen) atoms. The first kappa shape index (κ1) is 19.9. The number of hydrogen-bond acceptors (Lipinski definition) is 4. The second-order valence-corrected chi connectivity index (χ2v) is 6.32. The maximum Gasteiger partial charge on any atom is 0.416 e. The van der Waals surface area contributed by atoms with Gasteiger partial charge in [0, 0.05) is 32.0 Å². The van der Waals surface area contributed by atoms with E-state index in [0.717, 1.165) is 17.7 Å². The quantitative estimate of drug-likeness (QED) is 0.817.